The van der Waals surface area contributed by atoms with Crippen molar-refractivity contribution in [3.05, 3.63) is 35.9 Å². The van der Waals surface area contributed by atoms with E-state index in [0.717, 1.165) is 5.56 Å². The van der Waals surface area contributed by atoms with Crippen molar-refractivity contribution in [1.82, 2.24) is 15.5 Å². The first kappa shape index (κ1) is 26.1. The monoisotopic (exact) mass is 480 g/mol. The average molecular weight is 481 g/mol. The minimum Gasteiger partial charge on any atom is -0.481 e. The van der Waals surface area contributed by atoms with Crippen LogP contribution >= 0.6 is 12.6 Å². The van der Waals surface area contributed by atoms with Gasteiger partial charge in [-0.25, -0.2) is 4.79 Å². The first-order valence-corrected chi connectivity index (χ1v) is 11.0. The Morgan fingerprint density at radius 3 is 2.33 bits per heavy atom. The molecule has 6 N–H and O–H groups in total. The zero-order valence-electron chi connectivity index (χ0n) is 17.8. The number of benzene rings is 1. The SMILES string of the molecule is NC(Cc1ccccc1)C(=O)NC(CC(=O)O)C(=O)N1CCCC1C(=O)NC(CS)C(=O)O. The normalized spacial score (nSPS) is 18.1. The van der Waals surface area contributed by atoms with Gasteiger partial charge in [0, 0.05) is 12.3 Å². The Labute approximate surface area is 196 Å². The fourth-order valence-electron chi connectivity index (χ4n) is 3.57. The third-order valence-electron chi connectivity index (χ3n) is 5.26. The van der Waals surface area contributed by atoms with Crippen LogP contribution in [0, 0.1) is 0 Å². The second-order valence-electron chi connectivity index (χ2n) is 7.73. The summed E-state index contributed by atoms with van der Waals surface area (Å²) in [7, 11) is 0. The van der Waals surface area contributed by atoms with E-state index in [1.165, 1.54) is 4.90 Å². The molecule has 1 fully saturated rings. The summed E-state index contributed by atoms with van der Waals surface area (Å²) in [5, 5.41) is 23.1. The van der Waals surface area contributed by atoms with E-state index in [0.29, 0.717) is 6.42 Å². The van der Waals surface area contributed by atoms with E-state index in [-0.39, 0.29) is 25.1 Å². The Hall–Kier alpha value is -3.12. The number of carboxylic acid groups (broad SMARTS) is 2. The van der Waals surface area contributed by atoms with Crippen molar-refractivity contribution in [3.63, 3.8) is 0 Å². The van der Waals surface area contributed by atoms with E-state index < -0.39 is 60.2 Å². The largest absolute Gasteiger partial charge is 0.481 e. The van der Waals surface area contributed by atoms with Crippen LogP contribution < -0.4 is 16.4 Å². The molecule has 4 atom stereocenters. The number of amides is 3. The lowest BCUT2D eigenvalue weighted by atomic mass is 10.0. The molecule has 12 heteroatoms. The van der Waals surface area contributed by atoms with Crippen molar-refractivity contribution < 1.29 is 34.2 Å². The van der Waals surface area contributed by atoms with Crippen LogP contribution in [0.5, 0.6) is 0 Å². The van der Waals surface area contributed by atoms with Gasteiger partial charge in [0.2, 0.25) is 17.7 Å². The summed E-state index contributed by atoms with van der Waals surface area (Å²) >= 11 is 3.90. The summed E-state index contributed by atoms with van der Waals surface area (Å²) in [5.74, 6) is -4.83. The first-order chi connectivity index (χ1) is 15.6. The summed E-state index contributed by atoms with van der Waals surface area (Å²) in [6.07, 6.45) is 0.235. The van der Waals surface area contributed by atoms with Crippen molar-refractivity contribution in [2.24, 2.45) is 5.73 Å². The molecule has 1 aliphatic rings. The molecule has 0 bridgehead atoms. The minimum atomic E-state index is -1.43. The van der Waals surface area contributed by atoms with Crippen molar-refractivity contribution >= 4 is 42.3 Å². The molecule has 0 radical (unpaired) electrons. The zero-order chi connectivity index (χ0) is 24.5. The molecule has 0 aliphatic carbocycles. The number of aliphatic carboxylic acids is 2. The molecular weight excluding hydrogens is 452 g/mol. The van der Waals surface area contributed by atoms with E-state index in [2.05, 4.69) is 23.3 Å². The van der Waals surface area contributed by atoms with Crippen LogP contribution in [0.2, 0.25) is 0 Å². The predicted octanol–water partition coefficient (Wildman–Crippen LogP) is -0.994. The van der Waals surface area contributed by atoms with Crippen molar-refractivity contribution in [1.29, 1.82) is 0 Å². The molecule has 0 aromatic heterocycles. The number of nitrogens with one attached hydrogen (secondary N) is 2. The summed E-state index contributed by atoms with van der Waals surface area (Å²) in [6, 6.07) is 4.32. The van der Waals surface area contributed by atoms with Gasteiger partial charge < -0.3 is 31.5 Å². The minimum absolute atomic E-state index is 0.140. The Morgan fingerprint density at radius 1 is 1.09 bits per heavy atom. The van der Waals surface area contributed by atoms with Crippen LogP contribution in [0.25, 0.3) is 0 Å². The van der Waals surface area contributed by atoms with Crippen LogP contribution in [-0.4, -0.2) is 81.2 Å². The standard InChI is InChI=1S/C21H28N4O7S/c22-13(9-12-5-2-1-3-6-12)18(28)23-14(10-17(26)27)20(30)25-8-4-7-16(25)19(29)24-15(11-33)21(31)32/h1-3,5-6,13-16,33H,4,7-11,22H2,(H,23,28)(H,24,29)(H,26,27)(H,31,32). The highest BCUT2D eigenvalue weighted by Crippen LogP contribution is 2.20. The number of nitrogens with zero attached hydrogens (tertiary/aromatic N) is 1. The number of carbonyl (C=O) groups excluding carboxylic acids is 3. The quantitative estimate of drug-likeness (QED) is 0.218. The molecule has 11 nitrogen and oxygen atoms in total. The van der Waals surface area contributed by atoms with Crippen LogP contribution in [0.4, 0.5) is 0 Å². The Morgan fingerprint density at radius 2 is 1.76 bits per heavy atom. The lowest BCUT2D eigenvalue weighted by Crippen LogP contribution is -2.57. The number of likely N-dealkylation sites (tertiary alicyclic amines) is 1. The summed E-state index contributed by atoms with van der Waals surface area (Å²) < 4.78 is 0. The van der Waals surface area contributed by atoms with Crippen molar-refractivity contribution in [3.8, 4) is 0 Å². The Balaban J connectivity index is 2.10. The molecule has 1 saturated heterocycles. The molecule has 0 saturated carbocycles. The maximum atomic E-state index is 13.1. The van der Waals surface area contributed by atoms with Gasteiger partial charge >= 0.3 is 11.9 Å². The number of nitrogens with two attached hydrogens (primary N) is 1. The summed E-state index contributed by atoms with van der Waals surface area (Å²) in [5.41, 5.74) is 6.75. The highest BCUT2D eigenvalue weighted by Gasteiger charge is 2.39. The second kappa shape index (κ2) is 12.2. The number of rotatable bonds is 11. The lowest BCUT2D eigenvalue weighted by Gasteiger charge is -2.29. The number of carbonyl (C=O) groups is 5. The van der Waals surface area contributed by atoms with Gasteiger partial charge in [-0.15, -0.1) is 0 Å². The fourth-order valence-corrected chi connectivity index (χ4v) is 3.82. The smallest absolute Gasteiger partial charge is 0.327 e. The van der Waals surface area contributed by atoms with Crippen molar-refractivity contribution in [2.45, 2.75) is 49.9 Å². The number of hydrogen-bond acceptors (Lipinski definition) is 7. The van der Waals surface area contributed by atoms with E-state index in [1.54, 1.807) is 24.3 Å². The molecule has 1 aromatic rings. The molecular formula is C21H28N4O7S. The van der Waals surface area contributed by atoms with E-state index >= 15 is 0 Å². The third kappa shape index (κ3) is 7.46. The molecule has 3 amide bonds. The first-order valence-electron chi connectivity index (χ1n) is 10.4. The maximum absolute atomic E-state index is 13.1. The topological polar surface area (TPSA) is 179 Å². The summed E-state index contributed by atoms with van der Waals surface area (Å²) in [6.45, 7) is 0.164. The predicted molar refractivity (Wildman–Crippen MR) is 120 cm³/mol. The van der Waals surface area contributed by atoms with E-state index in [4.69, 9.17) is 10.8 Å². The fraction of sp³-hybridized carbons (Fsp3) is 0.476. The number of hydrogen-bond donors (Lipinski definition) is 6. The van der Waals surface area contributed by atoms with Gasteiger partial charge in [0.25, 0.3) is 0 Å². The Kier molecular flexibility index (Phi) is 9.67. The molecule has 0 spiro atoms. The van der Waals surface area contributed by atoms with Gasteiger partial charge in [-0.05, 0) is 24.8 Å². The summed E-state index contributed by atoms with van der Waals surface area (Å²) in [4.78, 5) is 61.9. The zero-order valence-corrected chi connectivity index (χ0v) is 18.7. The van der Waals surface area contributed by atoms with Crippen LogP contribution in [0.1, 0.15) is 24.8 Å². The van der Waals surface area contributed by atoms with E-state index in [9.17, 15) is 29.1 Å². The molecule has 2 rings (SSSR count). The van der Waals surface area contributed by atoms with E-state index in [1.807, 2.05) is 6.07 Å². The van der Waals surface area contributed by atoms with Crippen molar-refractivity contribution in [2.75, 3.05) is 12.3 Å². The van der Waals surface area contributed by atoms with Crippen LogP contribution in [-0.2, 0) is 30.4 Å². The van der Waals surface area contributed by atoms with Crippen LogP contribution in [0.3, 0.4) is 0 Å². The highest BCUT2D eigenvalue weighted by atomic mass is 32.1. The molecule has 1 aromatic carbocycles. The molecule has 180 valence electrons. The molecule has 1 aliphatic heterocycles. The van der Waals surface area contributed by atoms with Gasteiger partial charge in [-0.3, -0.25) is 19.2 Å². The molecule has 1 heterocycles. The van der Waals surface area contributed by atoms with Gasteiger partial charge in [0.05, 0.1) is 12.5 Å². The van der Waals surface area contributed by atoms with Gasteiger partial charge in [-0.2, -0.15) is 12.6 Å². The van der Waals surface area contributed by atoms with Gasteiger partial charge in [0.1, 0.15) is 18.1 Å². The third-order valence-corrected chi connectivity index (χ3v) is 5.63. The van der Waals surface area contributed by atoms with Crippen LogP contribution in [0.15, 0.2) is 30.3 Å². The number of thiol groups is 1. The molecule has 33 heavy (non-hydrogen) atoms. The maximum Gasteiger partial charge on any atom is 0.327 e. The second-order valence-corrected chi connectivity index (χ2v) is 8.09. The highest BCUT2D eigenvalue weighted by molar-refractivity contribution is 7.80. The Bertz CT molecular complexity index is 883. The molecule has 4 unspecified atom stereocenters. The number of carboxylic acids is 2. The van der Waals surface area contributed by atoms with Gasteiger partial charge in [0.15, 0.2) is 0 Å². The average Bonchev–Trinajstić information content (AvgIpc) is 3.26. The lowest BCUT2D eigenvalue weighted by molar-refractivity contribution is -0.147. The van der Waals surface area contributed by atoms with Gasteiger partial charge in [-0.1, -0.05) is 30.3 Å².